The Morgan fingerprint density at radius 3 is 2.52 bits per heavy atom. The first-order valence-corrected chi connectivity index (χ1v) is 7.94. The zero-order valence-electron chi connectivity index (χ0n) is 13.9. The molecule has 0 atom stereocenters. The van der Waals surface area contributed by atoms with E-state index in [0.717, 1.165) is 11.1 Å². The first kappa shape index (κ1) is 16.6. The molecule has 0 radical (unpaired) electrons. The van der Waals surface area contributed by atoms with E-state index in [1.807, 2.05) is 54.6 Å². The van der Waals surface area contributed by atoms with Gasteiger partial charge in [0.15, 0.2) is 5.82 Å². The van der Waals surface area contributed by atoms with Crippen LogP contribution in [0.5, 0.6) is 5.75 Å². The molecular formula is C18H19N5O2. The molecule has 0 saturated heterocycles. The molecule has 0 spiro atoms. The Morgan fingerprint density at radius 2 is 1.84 bits per heavy atom. The largest absolute Gasteiger partial charge is 0.486 e. The van der Waals surface area contributed by atoms with Gasteiger partial charge in [0.1, 0.15) is 12.4 Å². The second-order valence-corrected chi connectivity index (χ2v) is 5.59. The Hall–Kier alpha value is -3.22. The fourth-order valence-electron chi connectivity index (χ4n) is 2.27. The van der Waals surface area contributed by atoms with Crippen molar-refractivity contribution >= 4 is 5.91 Å². The fraction of sp³-hybridized carbons (Fsp3) is 0.222. The van der Waals surface area contributed by atoms with Gasteiger partial charge in [0, 0.05) is 13.6 Å². The van der Waals surface area contributed by atoms with Crippen LogP contribution in [0, 0.1) is 0 Å². The fourth-order valence-corrected chi connectivity index (χ4v) is 2.27. The maximum atomic E-state index is 12.0. The van der Waals surface area contributed by atoms with E-state index in [4.69, 9.17) is 4.74 Å². The predicted molar refractivity (Wildman–Crippen MR) is 91.6 cm³/mol. The van der Waals surface area contributed by atoms with Crippen molar-refractivity contribution in [1.82, 2.24) is 25.5 Å². The average Bonchev–Trinajstić information content (AvgIpc) is 3.05. The van der Waals surface area contributed by atoms with Crippen molar-refractivity contribution in [3.8, 4) is 5.75 Å². The number of nitrogens with one attached hydrogen (secondary N) is 1. The summed E-state index contributed by atoms with van der Waals surface area (Å²) < 4.78 is 7.19. The van der Waals surface area contributed by atoms with Crippen LogP contribution >= 0.6 is 0 Å². The molecule has 0 aliphatic rings. The lowest BCUT2D eigenvalue weighted by molar-refractivity contribution is -0.120. The summed E-state index contributed by atoms with van der Waals surface area (Å²) in [4.78, 5) is 12.0. The molecule has 3 rings (SSSR count). The molecule has 25 heavy (non-hydrogen) atoms. The zero-order valence-corrected chi connectivity index (χ0v) is 13.9. The summed E-state index contributed by atoms with van der Waals surface area (Å²) in [6.45, 7) is 0.826. The highest BCUT2D eigenvalue weighted by Gasteiger charge is 2.05. The van der Waals surface area contributed by atoms with Gasteiger partial charge in [-0.25, -0.2) is 4.68 Å². The molecular weight excluding hydrogens is 318 g/mol. The van der Waals surface area contributed by atoms with Crippen molar-refractivity contribution < 1.29 is 9.53 Å². The van der Waals surface area contributed by atoms with E-state index >= 15 is 0 Å². The second kappa shape index (κ2) is 8.05. The van der Waals surface area contributed by atoms with Crippen molar-refractivity contribution in [3.05, 3.63) is 71.5 Å². The number of carbonyl (C=O) groups is 1. The zero-order chi connectivity index (χ0) is 17.5. The van der Waals surface area contributed by atoms with Crippen LogP contribution in [-0.2, 0) is 31.4 Å². The van der Waals surface area contributed by atoms with Gasteiger partial charge in [-0.05, 0) is 33.7 Å². The van der Waals surface area contributed by atoms with Gasteiger partial charge in [-0.15, -0.1) is 5.10 Å². The number of hydrogen-bond acceptors (Lipinski definition) is 5. The number of carbonyl (C=O) groups excluding carboxylic acids is 1. The third kappa shape index (κ3) is 4.87. The highest BCUT2D eigenvalue weighted by atomic mass is 16.5. The van der Waals surface area contributed by atoms with Crippen molar-refractivity contribution in [2.75, 3.05) is 0 Å². The Labute approximate surface area is 145 Å². The lowest BCUT2D eigenvalue weighted by atomic mass is 10.1. The summed E-state index contributed by atoms with van der Waals surface area (Å²) in [5, 5.41) is 14.1. The Balaban J connectivity index is 1.47. The number of benzene rings is 2. The molecule has 1 N–H and O–H groups in total. The van der Waals surface area contributed by atoms with Crippen molar-refractivity contribution in [2.45, 2.75) is 19.6 Å². The van der Waals surface area contributed by atoms with Crippen LogP contribution in [0.25, 0.3) is 0 Å². The van der Waals surface area contributed by atoms with Crippen LogP contribution < -0.4 is 10.1 Å². The molecule has 0 aliphatic heterocycles. The van der Waals surface area contributed by atoms with Crippen LogP contribution in [0.3, 0.4) is 0 Å². The van der Waals surface area contributed by atoms with Gasteiger partial charge >= 0.3 is 0 Å². The summed E-state index contributed by atoms with van der Waals surface area (Å²) in [6.07, 6.45) is 0.334. The number of tetrazole rings is 1. The summed E-state index contributed by atoms with van der Waals surface area (Å²) in [5.41, 5.74) is 2.01. The Morgan fingerprint density at radius 1 is 1.08 bits per heavy atom. The number of aromatic nitrogens is 4. The molecule has 3 aromatic rings. The smallest absolute Gasteiger partial charge is 0.224 e. The maximum Gasteiger partial charge on any atom is 0.224 e. The van der Waals surface area contributed by atoms with Crippen LogP contribution in [-0.4, -0.2) is 26.1 Å². The van der Waals surface area contributed by atoms with Gasteiger partial charge in [-0.1, -0.05) is 42.5 Å². The molecule has 2 aromatic carbocycles. The summed E-state index contributed by atoms with van der Waals surface area (Å²) >= 11 is 0. The number of amides is 1. The molecule has 0 unspecified atom stereocenters. The van der Waals surface area contributed by atoms with E-state index < -0.39 is 0 Å². The molecule has 1 heterocycles. The summed E-state index contributed by atoms with van der Waals surface area (Å²) in [6, 6.07) is 17.3. The Kier molecular flexibility index (Phi) is 5.36. The van der Waals surface area contributed by atoms with Crippen LogP contribution in [0.2, 0.25) is 0 Å². The summed E-state index contributed by atoms with van der Waals surface area (Å²) in [7, 11) is 1.76. The highest BCUT2D eigenvalue weighted by Crippen LogP contribution is 2.14. The average molecular weight is 337 g/mol. The van der Waals surface area contributed by atoms with E-state index in [2.05, 4.69) is 20.8 Å². The normalized spacial score (nSPS) is 10.4. The topological polar surface area (TPSA) is 81.9 Å². The predicted octanol–water partition coefficient (Wildman–Crippen LogP) is 1.65. The minimum atomic E-state index is -0.0114. The Bertz CT molecular complexity index is 815. The van der Waals surface area contributed by atoms with Gasteiger partial charge in [-0.3, -0.25) is 4.79 Å². The van der Waals surface area contributed by atoms with E-state index in [0.29, 0.717) is 31.1 Å². The second-order valence-electron chi connectivity index (χ2n) is 5.59. The van der Waals surface area contributed by atoms with Crippen LogP contribution in [0.15, 0.2) is 54.6 Å². The minimum absolute atomic E-state index is 0.0114. The third-order valence-electron chi connectivity index (χ3n) is 3.70. The molecule has 0 bridgehead atoms. The minimum Gasteiger partial charge on any atom is -0.486 e. The molecule has 7 nitrogen and oxygen atoms in total. The molecule has 0 fully saturated rings. The van der Waals surface area contributed by atoms with E-state index in [1.165, 1.54) is 0 Å². The molecule has 0 saturated carbocycles. The standard InChI is InChI=1S/C18H19N5O2/c1-23-17(20-21-22-23)13-25-16-9-7-14(8-10-16)11-18(24)19-12-15-5-3-2-4-6-15/h2-10H,11-13H2,1H3,(H,19,24). The van der Waals surface area contributed by atoms with Gasteiger partial charge in [-0.2, -0.15) is 0 Å². The maximum absolute atomic E-state index is 12.0. The quantitative estimate of drug-likeness (QED) is 0.709. The van der Waals surface area contributed by atoms with Crippen LogP contribution in [0.4, 0.5) is 0 Å². The third-order valence-corrected chi connectivity index (χ3v) is 3.70. The highest BCUT2D eigenvalue weighted by molar-refractivity contribution is 5.78. The lowest BCUT2D eigenvalue weighted by Gasteiger charge is -2.07. The van der Waals surface area contributed by atoms with E-state index in [9.17, 15) is 4.79 Å². The number of rotatable bonds is 7. The van der Waals surface area contributed by atoms with Crippen molar-refractivity contribution in [3.63, 3.8) is 0 Å². The molecule has 0 aliphatic carbocycles. The molecule has 128 valence electrons. The number of aryl methyl sites for hydroxylation is 1. The number of hydrogen-bond donors (Lipinski definition) is 1. The summed E-state index contributed by atoms with van der Waals surface area (Å²) in [5.74, 6) is 1.34. The molecule has 7 heteroatoms. The van der Waals surface area contributed by atoms with E-state index in [1.54, 1.807) is 11.7 Å². The van der Waals surface area contributed by atoms with E-state index in [-0.39, 0.29) is 5.91 Å². The molecule has 1 aromatic heterocycles. The molecule has 1 amide bonds. The SMILES string of the molecule is Cn1nnnc1COc1ccc(CC(=O)NCc2ccccc2)cc1. The van der Waals surface area contributed by atoms with Crippen LogP contribution in [0.1, 0.15) is 17.0 Å². The van der Waals surface area contributed by atoms with Gasteiger partial charge in [0.25, 0.3) is 0 Å². The van der Waals surface area contributed by atoms with Gasteiger partial charge in [0.2, 0.25) is 5.91 Å². The van der Waals surface area contributed by atoms with Crippen molar-refractivity contribution in [1.29, 1.82) is 0 Å². The lowest BCUT2D eigenvalue weighted by Crippen LogP contribution is -2.24. The number of ether oxygens (including phenoxy) is 1. The van der Waals surface area contributed by atoms with Gasteiger partial charge in [0.05, 0.1) is 6.42 Å². The first-order valence-electron chi connectivity index (χ1n) is 7.94. The first-order chi connectivity index (χ1) is 12.2. The van der Waals surface area contributed by atoms with Crippen molar-refractivity contribution in [2.24, 2.45) is 7.05 Å². The number of nitrogens with zero attached hydrogens (tertiary/aromatic N) is 4. The monoisotopic (exact) mass is 337 g/mol. The van der Waals surface area contributed by atoms with Gasteiger partial charge < -0.3 is 10.1 Å².